The van der Waals surface area contributed by atoms with E-state index in [1.165, 1.54) is 88.8 Å². The first kappa shape index (κ1) is 32.2. The van der Waals surface area contributed by atoms with Gasteiger partial charge in [-0.25, -0.2) is 0 Å². The summed E-state index contributed by atoms with van der Waals surface area (Å²) in [5, 5.41) is 0. The Labute approximate surface area is 308 Å². The molecule has 0 saturated heterocycles. The van der Waals surface area contributed by atoms with Crippen molar-refractivity contribution in [2.45, 2.75) is 41.0 Å². The normalized spacial score (nSPS) is 12.8. The lowest BCUT2D eigenvalue weighted by Gasteiger charge is -2.38. The molecule has 2 aliphatic rings. The highest BCUT2D eigenvalue weighted by Gasteiger charge is 2.37. The summed E-state index contributed by atoms with van der Waals surface area (Å²) >= 11 is 0. The van der Waals surface area contributed by atoms with Crippen molar-refractivity contribution in [3.05, 3.63) is 185 Å². The van der Waals surface area contributed by atoms with Gasteiger partial charge >= 0.3 is 0 Å². The van der Waals surface area contributed by atoms with Crippen molar-refractivity contribution in [1.82, 2.24) is 0 Å². The van der Waals surface area contributed by atoms with Crippen LogP contribution in [-0.4, -0.2) is 13.4 Å². The summed E-state index contributed by atoms with van der Waals surface area (Å²) in [6.07, 6.45) is 0.803. The molecule has 7 aromatic rings. The number of hydrogen-bond donors (Lipinski definition) is 0. The van der Waals surface area contributed by atoms with Crippen LogP contribution in [0.1, 0.15) is 38.9 Å². The molecule has 0 atom stereocenters. The smallest absolute Gasteiger partial charge is 0.251 e. The fourth-order valence-corrected chi connectivity index (χ4v) is 8.94. The minimum atomic E-state index is 0.124. The van der Waals surface area contributed by atoms with Gasteiger partial charge in [0.2, 0.25) is 6.71 Å². The van der Waals surface area contributed by atoms with E-state index in [0.717, 1.165) is 17.9 Å². The van der Waals surface area contributed by atoms with E-state index in [9.17, 15) is 0 Å². The number of fused-ring (bicyclic) bond motifs is 4. The van der Waals surface area contributed by atoms with Crippen molar-refractivity contribution in [1.29, 1.82) is 0 Å². The first-order chi connectivity index (χ1) is 25.4. The minimum Gasteiger partial charge on any atom is -0.458 e. The topological polar surface area (TPSA) is 12.5 Å². The van der Waals surface area contributed by atoms with Gasteiger partial charge in [0.05, 0.1) is 0 Å². The van der Waals surface area contributed by atoms with E-state index in [2.05, 4.69) is 185 Å². The zero-order valence-electron chi connectivity index (χ0n) is 30.6. The number of rotatable bonds is 5. The molecule has 2 heterocycles. The van der Waals surface area contributed by atoms with E-state index in [0.29, 0.717) is 0 Å². The maximum absolute atomic E-state index is 6.72. The van der Waals surface area contributed by atoms with Crippen molar-refractivity contribution in [2.24, 2.45) is 0 Å². The summed E-state index contributed by atoms with van der Waals surface area (Å²) < 4.78 is 6.72. The summed E-state index contributed by atoms with van der Waals surface area (Å²) in [6.45, 7) is 11.4. The summed E-state index contributed by atoms with van der Waals surface area (Å²) in [5.41, 5.74) is 20.6. The Balaban J connectivity index is 1.16. The van der Waals surface area contributed by atoms with Crippen LogP contribution in [0.4, 0.5) is 17.1 Å². The third-order valence-corrected chi connectivity index (χ3v) is 11.3. The predicted octanol–water partition coefficient (Wildman–Crippen LogP) is 7.74. The van der Waals surface area contributed by atoms with Crippen molar-refractivity contribution >= 4 is 63.3 Å². The van der Waals surface area contributed by atoms with E-state index in [4.69, 9.17) is 4.74 Å². The van der Waals surface area contributed by atoms with E-state index in [1.54, 1.807) is 0 Å². The van der Waals surface area contributed by atoms with Gasteiger partial charge in [-0.3, -0.25) is 0 Å². The van der Waals surface area contributed by atoms with Crippen LogP contribution in [0.25, 0.3) is 0 Å². The number of nitrogens with zero attached hydrogens (tertiary/aromatic N) is 1. The SMILES string of the molecule is Cc1ccc2c(c1)B(c1c(C)cccc1C)c1ccc(Cc3ccc4c(c3)N(c3ccccc3)c3ccccc3B4c3c(C)cccc3C)cc1O2. The third kappa shape index (κ3) is 5.37. The van der Waals surface area contributed by atoms with Gasteiger partial charge < -0.3 is 9.64 Å². The second-order valence-corrected chi connectivity index (χ2v) is 14.8. The Kier molecular flexibility index (Phi) is 7.92. The molecule has 0 spiro atoms. The van der Waals surface area contributed by atoms with E-state index >= 15 is 0 Å². The molecular weight excluding hydrogens is 628 g/mol. The standard InChI is InChI=1S/C48H41B2NO/c1-31-21-26-45-42(27-31)50(48-34(4)15-12-16-35(48)5)41-25-23-37(30-46(41)52-45)28-36-22-24-40-44(29-36)51(38-17-7-6-8-18-38)43-20-10-9-19-39(43)49(40)47-32(2)13-11-14-33(47)3/h6-27,29-30H,28H2,1-5H3. The highest BCUT2D eigenvalue weighted by Crippen LogP contribution is 2.37. The van der Waals surface area contributed by atoms with Gasteiger partial charge in [-0.05, 0) is 110 Å². The molecule has 0 N–H and O–H groups in total. The van der Waals surface area contributed by atoms with Gasteiger partial charge in [0, 0.05) is 17.1 Å². The predicted molar refractivity (Wildman–Crippen MR) is 223 cm³/mol. The van der Waals surface area contributed by atoms with Crippen LogP contribution in [0.5, 0.6) is 11.5 Å². The zero-order valence-corrected chi connectivity index (χ0v) is 30.6. The van der Waals surface area contributed by atoms with Crippen molar-refractivity contribution in [2.75, 3.05) is 4.90 Å². The van der Waals surface area contributed by atoms with Crippen molar-refractivity contribution < 1.29 is 4.74 Å². The Morgan fingerprint density at radius 2 is 1.02 bits per heavy atom. The Hall–Kier alpha value is -5.73. The molecule has 0 bridgehead atoms. The lowest BCUT2D eigenvalue weighted by Crippen LogP contribution is -2.58. The zero-order chi connectivity index (χ0) is 35.5. The number of aryl methyl sites for hydroxylation is 5. The molecule has 52 heavy (non-hydrogen) atoms. The average molecular weight is 669 g/mol. The highest BCUT2D eigenvalue weighted by atomic mass is 16.5. The van der Waals surface area contributed by atoms with Crippen LogP contribution < -0.4 is 42.4 Å². The van der Waals surface area contributed by atoms with Crippen LogP contribution in [0, 0.1) is 34.6 Å². The van der Waals surface area contributed by atoms with Gasteiger partial charge in [0.15, 0.2) is 0 Å². The van der Waals surface area contributed by atoms with E-state index in [1.807, 2.05) is 0 Å². The quantitative estimate of drug-likeness (QED) is 0.174. The fraction of sp³-hybridized carbons (Fsp3) is 0.125. The molecule has 0 amide bonds. The highest BCUT2D eigenvalue weighted by molar-refractivity contribution is 6.98. The van der Waals surface area contributed by atoms with E-state index < -0.39 is 0 Å². The second kappa shape index (κ2) is 12.8. The van der Waals surface area contributed by atoms with Crippen LogP contribution in [0.15, 0.2) is 146 Å². The average Bonchev–Trinajstić information content (AvgIpc) is 3.14. The molecule has 9 rings (SSSR count). The van der Waals surface area contributed by atoms with E-state index in [-0.39, 0.29) is 13.4 Å². The Morgan fingerprint density at radius 3 is 1.71 bits per heavy atom. The van der Waals surface area contributed by atoms with Gasteiger partial charge in [-0.15, -0.1) is 0 Å². The summed E-state index contributed by atoms with van der Waals surface area (Å²) in [7, 11) is 0. The number of para-hydroxylation sites is 2. The number of ether oxygens (including phenoxy) is 1. The van der Waals surface area contributed by atoms with Crippen LogP contribution in [0.2, 0.25) is 0 Å². The van der Waals surface area contributed by atoms with Crippen molar-refractivity contribution in [3.63, 3.8) is 0 Å². The largest absolute Gasteiger partial charge is 0.458 e. The number of benzene rings is 7. The monoisotopic (exact) mass is 669 g/mol. The molecule has 0 unspecified atom stereocenters. The molecule has 0 aliphatic carbocycles. The Morgan fingerprint density at radius 1 is 0.442 bits per heavy atom. The molecule has 2 nitrogen and oxygen atoms in total. The molecule has 250 valence electrons. The first-order valence-electron chi connectivity index (χ1n) is 18.5. The molecular formula is C48H41B2NO. The van der Waals surface area contributed by atoms with Crippen LogP contribution in [0.3, 0.4) is 0 Å². The van der Waals surface area contributed by atoms with Gasteiger partial charge in [0.1, 0.15) is 11.5 Å². The second-order valence-electron chi connectivity index (χ2n) is 14.8. The minimum absolute atomic E-state index is 0.124. The lowest BCUT2D eigenvalue weighted by molar-refractivity contribution is 0.487. The Bertz CT molecular complexity index is 2460. The maximum Gasteiger partial charge on any atom is 0.251 e. The molecule has 4 heteroatoms. The van der Waals surface area contributed by atoms with Gasteiger partial charge in [0.25, 0.3) is 6.71 Å². The maximum atomic E-state index is 6.72. The number of anilines is 3. The summed E-state index contributed by atoms with van der Waals surface area (Å²) in [5.74, 6) is 1.90. The molecule has 0 saturated carbocycles. The third-order valence-electron chi connectivity index (χ3n) is 11.3. The summed E-state index contributed by atoms with van der Waals surface area (Å²) in [6, 6.07) is 53.8. The first-order valence-corrected chi connectivity index (χ1v) is 18.5. The molecule has 0 radical (unpaired) electrons. The molecule has 2 aliphatic heterocycles. The molecule has 0 fully saturated rings. The molecule has 7 aromatic carbocycles. The summed E-state index contributed by atoms with van der Waals surface area (Å²) in [4.78, 5) is 2.46. The fourth-order valence-electron chi connectivity index (χ4n) is 8.94. The number of hydrogen-bond acceptors (Lipinski definition) is 2. The molecule has 0 aromatic heterocycles. The van der Waals surface area contributed by atoms with Crippen molar-refractivity contribution in [3.8, 4) is 11.5 Å². The van der Waals surface area contributed by atoms with Crippen LogP contribution in [-0.2, 0) is 6.42 Å². The lowest BCUT2D eigenvalue weighted by atomic mass is 9.34. The van der Waals surface area contributed by atoms with Gasteiger partial charge in [-0.1, -0.05) is 148 Å². The van der Waals surface area contributed by atoms with Crippen LogP contribution >= 0.6 is 0 Å². The van der Waals surface area contributed by atoms with Gasteiger partial charge in [-0.2, -0.15) is 0 Å².